The summed E-state index contributed by atoms with van der Waals surface area (Å²) < 4.78 is 26.6. The lowest BCUT2D eigenvalue weighted by Gasteiger charge is -2.26. The van der Waals surface area contributed by atoms with Gasteiger partial charge in [0.25, 0.3) is 5.56 Å². The second-order valence-corrected chi connectivity index (χ2v) is 14.8. The quantitative estimate of drug-likeness (QED) is 0.104. The van der Waals surface area contributed by atoms with Crippen LogP contribution in [0.5, 0.6) is 17.2 Å². The Labute approximate surface area is 323 Å². The molecule has 0 spiro atoms. The molecular formula is C37H28BrCl2IN2O6S. The average Bonchev–Trinajstić information content (AvgIpc) is 3.41. The normalized spacial score (nSPS) is 14.2. The van der Waals surface area contributed by atoms with Gasteiger partial charge in [0.05, 0.1) is 46.2 Å². The molecule has 0 fully saturated rings. The topological polar surface area (TPSA) is 88.4 Å². The predicted octanol–water partition coefficient (Wildman–Crippen LogP) is 8.21. The Bertz CT molecular complexity index is 2330. The Balaban J connectivity index is 1.58. The van der Waals surface area contributed by atoms with Gasteiger partial charge in [-0.15, -0.1) is 0 Å². The molecule has 0 N–H and O–H groups in total. The molecule has 8 nitrogen and oxygen atoms in total. The van der Waals surface area contributed by atoms with Gasteiger partial charge in [0.1, 0.15) is 12.4 Å². The Morgan fingerprint density at radius 1 is 1.02 bits per heavy atom. The van der Waals surface area contributed by atoms with E-state index in [0.29, 0.717) is 59.0 Å². The number of ether oxygens (including phenoxy) is 4. The fourth-order valence-electron chi connectivity index (χ4n) is 5.55. The molecule has 1 atom stereocenters. The van der Waals surface area contributed by atoms with Crippen molar-refractivity contribution in [3.63, 3.8) is 0 Å². The predicted molar refractivity (Wildman–Crippen MR) is 208 cm³/mol. The van der Waals surface area contributed by atoms with Crippen LogP contribution in [-0.2, 0) is 16.1 Å². The molecule has 1 aromatic heterocycles. The Hall–Kier alpha value is -3.62. The van der Waals surface area contributed by atoms with E-state index in [9.17, 15) is 9.59 Å². The molecular weight excluding hydrogens is 878 g/mol. The molecule has 6 rings (SSSR count). The van der Waals surface area contributed by atoms with E-state index in [1.807, 2.05) is 48.5 Å². The molecule has 13 heteroatoms. The molecule has 2 heterocycles. The maximum Gasteiger partial charge on any atom is 0.338 e. The molecule has 0 saturated carbocycles. The molecule has 1 aliphatic rings. The zero-order chi connectivity index (χ0) is 35.5. The van der Waals surface area contributed by atoms with Crippen molar-refractivity contribution >= 4 is 90.8 Å². The zero-order valence-electron chi connectivity index (χ0n) is 26.8. The maximum absolute atomic E-state index is 14.6. The van der Waals surface area contributed by atoms with Crippen LogP contribution in [0, 0.1) is 3.57 Å². The summed E-state index contributed by atoms with van der Waals surface area (Å²) in [6.45, 7) is 2.05. The Kier molecular flexibility index (Phi) is 11.4. The number of hydrogen-bond acceptors (Lipinski definition) is 8. The van der Waals surface area contributed by atoms with E-state index in [2.05, 4.69) is 38.5 Å². The van der Waals surface area contributed by atoms with Crippen molar-refractivity contribution < 1.29 is 23.7 Å². The monoisotopic (exact) mass is 904 g/mol. The van der Waals surface area contributed by atoms with Crippen LogP contribution in [0.1, 0.15) is 35.2 Å². The van der Waals surface area contributed by atoms with Crippen molar-refractivity contribution in [3.05, 3.63) is 144 Å². The standard InChI is InChI=1S/C37H28BrCl2IN2O6S/c1-4-48-36(45)31-32(20-8-6-5-7-9-20)42-37-43(33(31)21-11-13-28(46-2)29(15-21)47-3)35(44)30(50-37)16-23-14-24(38)17-27(41)34(23)49-19-22-10-12-25(39)18-26(22)40/h5-18,33H,4,19H2,1-3H3/b30-16-/t33-/m0/s1. The van der Waals surface area contributed by atoms with Crippen molar-refractivity contribution in [1.82, 2.24) is 4.57 Å². The number of thiazole rings is 1. The molecule has 0 radical (unpaired) electrons. The Morgan fingerprint density at radius 3 is 2.48 bits per heavy atom. The third-order valence-corrected chi connectivity index (χ3v) is 10.6. The first kappa shape index (κ1) is 36.2. The van der Waals surface area contributed by atoms with Gasteiger partial charge < -0.3 is 18.9 Å². The van der Waals surface area contributed by atoms with Crippen LogP contribution in [0.4, 0.5) is 0 Å². The zero-order valence-corrected chi connectivity index (χ0v) is 32.9. The maximum atomic E-state index is 14.6. The van der Waals surface area contributed by atoms with E-state index < -0.39 is 12.0 Å². The van der Waals surface area contributed by atoms with Gasteiger partial charge in [-0.2, -0.15) is 0 Å². The van der Waals surface area contributed by atoms with Crippen molar-refractivity contribution in [2.75, 3.05) is 20.8 Å². The van der Waals surface area contributed by atoms with Gasteiger partial charge in [0.15, 0.2) is 16.3 Å². The van der Waals surface area contributed by atoms with Crippen LogP contribution in [0.2, 0.25) is 10.0 Å². The first-order valence-corrected chi connectivity index (χ1v) is 18.6. The molecule has 0 aliphatic carbocycles. The van der Waals surface area contributed by atoms with E-state index in [1.54, 1.807) is 50.4 Å². The number of fused-ring (bicyclic) bond motifs is 1. The highest BCUT2D eigenvalue weighted by Crippen LogP contribution is 2.39. The van der Waals surface area contributed by atoms with Gasteiger partial charge in [0, 0.05) is 31.2 Å². The average molecular weight is 906 g/mol. The van der Waals surface area contributed by atoms with Crippen LogP contribution in [0.3, 0.4) is 0 Å². The van der Waals surface area contributed by atoms with Crippen molar-refractivity contribution in [2.45, 2.75) is 19.6 Å². The highest BCUT2D eigenvalue weighted by Gasteiger charge is 2.35. The van der Waals surface area contributed by atoms with E-state index >= 15 is 0 Å². The van der Waals surface area contributed by atoms with Crippen LogP contribution < -0.4 is 29.1 Å². The van der Waals surface area contributed by atoms with Gasteiger partial charge in [-0.25, -0.2) is 9.79 Å². The molecule has 50 heavy (non-hydrogen) atoms. The summed E-state index contributed by atoms with van der Waals surface area (Å²) in [4.78, 5) is 33.8. The fourth-order valence-corrected chi connectivity index (χ4v) is 8.71. The third-order valence-electron chi connectivity index (χ3n) is 7.81. The molecule has 0 saturated heterocycles. The third kappa shape index (κ3) is 7.38. The molecule has 5 aromatic rings. The van der Waals surface area contributed by atoms with Gasteiger partial charge in [-0.05, 0) is 77.6 Å². The number of rotatable bonds is 10. The van der Waals surface area contributed by atoms with Gasteiger partial charge in [-0.3, -0.25) is 9.36 Å². The molecule has 1 aliphatic heterocycles. The number of benzene rings is 4. The number of carbonyl (C=O) groups excluding carboxylic acids is 1. The summed E-state index contributed by atoms with van der Waals surface area (Å²) in [5.74, 6) is 0.937. The fraction of sp³-hybridized carbons (Fsp3) is 0.162. The van der Waals surface area contributed by atoms with E-state index in [0.717, 1.165) is 13.6 Å². The smallest absolute Gasteiger partial charge is 0.338 e. The van der Waals surface area contributed by atoms with Crippen molar-refractivity contribution in [3.8, 4) is 17.2 Å². The minimum Gasteiger partial charge on any atom is -0.493 e. The second-order valence-electron chi connectivity index (χ2n) is 10.9. The van der Waals surface area contributed by atoms with E-state index in [4.69, 9.17) is 47.1 Å². The van der Waals surface area contributed by atoms with Crippen molar-refractivity contribution in [1.29, 1.82) is 0 Å². The van der Waals surface area contributed by atoms with Crippen LogP contribution in [0.25, 0.3) is 11.8 Å². The molecule has 4 aromatic carbocycles. The summed E-state index contributed by atoms with van der Waals surface area (Å²) in [7, 11) is 3.08. The minimum absolute atomic E-state index is 0.138. The van der Waals surface area contributed by atoms with Crippen molar-refractivity contribution in [2.24, 2.45) is 4.99 Å². The van der Waals surface area contributed by atoms with Gasteiger partial charge in [-0.1, -0.05) is 92.9 Å². The summed E-state index contributed by atoms with van der Waals surface area (Å²) in [5.41, 5.74) is 3.04. The highest BCUT2D eigenvalue weighted by molar-refractivity contribution is 14.1. The molecule has 256 valence electrons. The van der Waals surface area contributed by atoms with E-state index in [-0.39, 0.29) is 24.3 Å². The number of carbonyl (C=O) groups is 1. The number of esters is 1. The number of methoxy groups -OCH3 is 2. The summed E-state index contributed by atoms with van der Waals surface area (Å²) in [6.07, 6.45) is 1.78. The number of halogens is 4. The van der Waals surface area contributed by atoms with Crippen LogP contribution >= 0.6 is 73.1 Å². The van der Waals surface area contributed by atoms with Gasteiger partial charge >= 0.3 is 5.97 Å². The number of nitrogens with zero attached hydrogens (tertiary/aromatic N) is 2. The summed E-state index contributed by atoms with van der Waals surface area (Å²) >= 11 is 19.5. The lowest BCUT2D eigenvalue weighted by Crippen LogP contribution is -2.40. The summed E-state index contributed by atoms with van der Waals surface area (Å²) in [6, 6.07) is 22.8. The lowest BCUT2D eigenvalue weighted by molar-refractivity contribution is -0.138. The van der Waals surface area contributed by atoms with Crippen LogP contribution in [-0.4, -0.2) is 31.4 Å². The largest absolute Gasteiger partial charge is 0.493 e. The lowest BCUT2D eigenvalue weighted by atomic mass is 9.93. The second kappa shape index (κ2) is 15.7. The number of aromatic nitrogens is 1. The highest BCUT2D eigenvalue weighted by atomic mass is 127. The number of hydrogen-bond donors (Lipinski definition) is 0. The summed E-state index contributed by atoms with van der Waals surface area (Å²) in [5, 5.41) is 1.02. The van der Waals surface area contributed by atoms with E-state index in [1.165, 1.54) is 23.0 Å². The van der Waals surface area contributed by atoms with Gasteiger partial charge in [0.2, 0.25) is 0 Å². The molecule has 0 amide bonds. The Morgan fingerprint density at radius 2 is 1.78 bits per heavy atom. The SMILES string of the molecule is CCOC(=O)C1=C(c2ccccc2)N=c2s/c(=C\c3cc(Br)cc(I)c3OCc3ccc(Cl)cc3Cl)c(=O)n2[C@H]1c1ccc(OC)c(OC)c1. The first-order valence-electron chi connectivity index (χ1n) is 15.2. The minimum atomic E-state index is -0.895. The first-order chi connectivity index (χ1) is 24.1. The molecule has 0 unspecified atom stereocenters. The van der Waals surface area contributed by atoms with Crippen LogP contribution in [0.15, 0.2) is 98.7 Å². The molecule has 0 bridgehead atoms.